The molecule has 0 saturated carbocycles. The van der Waals surface area contributed by atoms with E-state index < -0.39 is 11.9 Å². The van der Waals surface area contributed by atoms with Gasteiger partial charge in [0.25, 0.3) is 11.7 Å². The fourth-order valence-electron chi connectivity index (χ4n) is 1.83. The molecule has 0 aliphatic rings. The Morgan fingerprint density at radius 2 is 2.29 bits per heavy atom. The van der Waals surface area contributed by atoms with E-state index in [1.54, 1.807) is 19.1 Å². The zero-order chi connectivity index (χ0) is 15.4. The van der Waals surface area contributed by atoms with E-state index in [1.807, 2.05) is 6.92 Å². The van der Waals surface area contributed by atoms with Gasteiger partial charge >= 0.3 is 0 Å². The van der Waals surface area contributed by atoms with Crippen LogP contribution in [0.15, 0.2) is 17.3 Å². The van der Waals surface area contributed by atoms with E-state index in [2.05, 4.69) is 31.1 Å². The van der Waals surface area contributed by atoms with E-state index >= 15 is 0 Å². The van der Waals surface area contributed by atoms with Gasteiger partial charge in [-0.3, -0.25) is 4.79 Å². The summed E-state index contributed by atoms with van der Waals surface area (Å²) in [6.07, 6.45) is 0.671. The summed E-state index contributed by atoms with van der Waals surface area (Å²) in [4.78, 5) is 22.6. The highest BCUT2D eigenvalue weighted by Crippen LogP contribution is 2.35. The van der Waals surface area contributed by atoms with Crippen LogP contribution in [0.4, 0.5) is 5.69 Å². The first-order valence-electron chi connectivity index (χ1n) is 6.29. The van der Waals surface area contributed by atoms with Crippen molar-refractivity contribution in [3.05, 3.63) is 34.0 Å². The molecule has 1 atom stereocenters. The Balaban J connectivity index is 2.38. The number of anilines is 1. The van der Waals surface area contributed by atoms with E-state index in [0.29, 0.717) is 12.0 Å². The third-order valence-corrected chi connectivity index (χ3v) is 3.01. The topological polar surface area (TPSA) is 133 Å². The van der Waals surface area contributed by atoms with Crippen LogP contribution in [0.2, 0.25) is 0 Å². The first-order valence-corrected chi connectivity index (χ1v) is 6.29. The number of nitrogens with one attached hydrogen (secondary N) is 2. The zero-order valence-corrected chi connectivity index (χ0v) is 11.5. The van der Waals surface area contributed by atoms with Crippen molar-refractivity contribution in [2.75, 3.05) is 5.32 Å². The number of aryl methyl sites for hydroxylation is 1. The van der Waals surface area contributed by atoms with Gasteiger partial charge in [-0.05, 0) is 36.3 Å². The first-order chi connectivity index (χ1) is 10.1. The third-order valence-electron chi connectivity index (χ3n) is 3.01. The predicted molar refractivity (Wildman–Crippen MR) is 73.8 cm³/mol. The molecule has 3 N–H and O–H groups in total. The minimum Gasteiger partial charge on any atom is -0.505 e. The summed E-state index contributed by atoms with van der Waals surface area (Å²) in [5, 5.41) is 28.1. The van der Waals surface area contributed by atoms with E-state index in [9.17, 15) is 14.8 Å². The highest BCUT2D eigenvalue weighted by atomic mass is 16.3. The molecule has 2 aromatic rings. The number of amides is 1. The number of hydrogen-bond donors (Lipinski definition) is 3. The molecular formula is C12H14N6O3. The molecule has 1 unspecified atom stereocenters. The van der Waals surface area contributed by atoms with Gasteiger partial charge in [-0.1, -0.05) is 12.1 Å². The molecule has 110 valence electrons. The number of phenols is 1. The van der Waals surface area contributed by atoms with Crippen LogP contribution >= 0.6 is 0 Å². The van der Waals surface area contributed by atoms with Gasteiger partial charge in [-0.2, -0.15) is 10.1 Å². The van der Waals surface area contributed by atoms with Crippen LogP contribution in [0.3, 0.4) is 0 Å². The number of aromatic amines is 1. The number of rotatable bonds is 5. The normalized spacial score (nSPS) is 11.9. The number of aromatic hydroxyl groups is 1. The number of nitrogens with zero attached hydrogens (tertiary/aromatic N) is 4. The van der Waals surface area contributed by atoms with Gasteiger partial charge in [-0.15, -0.1) is 10.2 Å². The Morgan fingerprint density at radius 1 is 1.52 bits per heavy atom. The summed E-state index contributed by atoms with van der Waals surface area (Å²) in [5.74, 6) is -0.972. The van der Waals surface area contributed by atoms with Crippen molar-refractivity contribution in [3.63, 3.8) is 0 Å². The van der Waals surface area contributed by atoms with Gasteiger partial charge in [-0.25, -0.2) is 0 Å². The number of tetrazole rings is 1. The van der Waals surface area contributed by atoms with Crippen LogP contribution in [0.1, 0.15) is 41.6 Å². The second kappa shape index (κ2) is 6.07. The number of hydrogen-bond acceptors (Lipinski definition) is 7. The first kappa shape index (κ1) is 14.6. The molecule has 1 aromatic carbocycles. The SMILES string of the molecule is CCc1cc(NC(=O)c2nn[nH]n2)c(O)c(C(C)N=O)c1. The quantitative estimate of drug-likeness (QED) is 0.565. The molecule has 1 amide bonds. The monoisotopic (exact) mass is 290 g/mol. The van der Waals surface area contributed by atoms with Gasteiger partial charge in [0.05, 0.1) is 5.69 Å². The number of phenolic OH excluding ortho intramolecular Hbond substituents is 1. The standard InChI is InChI=1S/C12H14N6O3/c1-3-7-4-8(6(2)16-21)10(19)9(5-7)13-12(20)11-14-17-18-15-11/h4-6,19H,3H2,1-2H3,(H,13,20)(H,14,15,17,18). The van der Waals surface area contributed by atoms with Gasteiger partial charge in [0, 0.05) is 5.56 Å². The fourth-order valence-corrected chi connectivity index (χ4v) is 1.83. The molecule has 1 aromatic heterocycles. The van der Waals surface area contributed by atoms with Crippen LogP contribution in [0.25, 0.3) is 0 Å². The number of nitroso groups, excluding NO2 is 1. The second-order valence-corrected chi connectivity index (χ2v) is 4.41. The van der Waals surface area contributed by atoms with Gasteiger partial charge in [0.15, 0.2) is 0 Å². The van der Waals surface area contributed by atoms with Gasteiger partial charge in [0.1, 0.15) is 11.8 Å². The van der Waals surface area contributed by atoms with Crippen molar-refractivity contribution >= 4 is 11.6 Å². The lowest BCUT2D eigenvalue weighted by Crippen LogP contribution is -2.14. The Bertz CT molecular complexity index is 655. The summed E-state index contributed by atoms with van der Waals surface area (Å²) in [6, 6.07) is 2.58. The second-order valence-electron chi connectivity index (χ2n) is 4.41. The summed E-state index contributed by atoms with van der Waals surface area (Å²) in [6.45, 7) is 3.48. The van der Waals surface area contributed by atoms with Crippen LogP contribution in [0, 0.1) is 4.91 Å². The average Bonchev–Trinajstić information content (AvgIpc) is 3.02. The lowest BCUT2D eigenvalue weighted by molar-refractivity contribution is 0.101. The molecule has 2 rings (SSSR count). The Hall–Kier alpha value is -2.84. The van der Waals surface area contributed by atoms with Gasteiger partial charge < -0.3 is 10.4 Å². The highest BCUT2D eigenvalue weighted by Gasteiger charge is 2.19. The molecule has 9 heteroatoms. The highest BCUT2D eigenvalue weighted by molar-refractivity contribution is 6.02. The molecule has 0 spiro atoms. The lowest BCUT2D eigenvalue weighted by Gasteiger charge is -2.13. The summed E-state index contributed by atoms with van der Waals surface area (Å²) in [7, 11) is 0. The smallest absolute Gasteiger partial charge is 0.297 e. The number of H-pyrrole nitrogens is 1. The zero-order valence-electron chi connectivity index (χ0n) is 11.5. The molecule has 0 aliphatic carbocycles. The van der Waals surface area contributed by atoms with Crippen molar-refractivity contribution in [2.24, 2.45) is 5.18 Å². The summed E-state index contributed by atoms with van der Waals surface area (Å²) < 4.78 is 0. The van der Waals surface area contributed by atoms with Crippen LogP contribution < -0.4 is 5.32 Å². The molecule has 0 bridgehead atoms. The van der Waals surface area contributed by atoms with Crippen LogP contribution in [-0.4, -0.2) is 31.6 Å². The molecule has 0 fully saturated rings. The molecule has 1 heterocycles. The number of carbonyl (C=O) groups is 1. The Kier molecular flexibility index (Phi) is 4.21. The van der Waals surface area contributed by atoms with Crippen molar-refractivity contribution in [1.29, 1.82) is 0 Å². The van der Waals surface area contributed by atoms with Crippen LogP contribution in [-0.2, 0) is 6.42 Å². The van der Waals surface area contributed by atoms with E-state index in [1.165, 1.54) is 0 Å². The molecule has 0 radical (unpaired) electrons. The van der Waals surface area contributed by atoms with Crippen molar-refractivity contribution in [3.8, 4) is 5.75 Å². The van der Waals surface area contributed by atoms with Crippen molar-refractivity contribution in [2.45, 2.75) is 26.3 Å². The molecule has 0 aliphatic heterocycles. The maximum absolute atomic E-state index is 11.9. The Morgan fingerprint density at radius 3 is 2.86 bits per heavy atom. The molecule has 21 heavy (non-hydrogen) atoms. The fraction of sp³-hybridized carbons (Fsp3) is 0.333. The van der Waals surface area contributed by atoms with E-state index in [0.717, 1.165) is 5.56 Å². The van der Waals surface area contributed by atoms with Gasteiger partial charge in [0.2, 0.25) is 0 Å². The van der Waals surface area contributed by atoms with Crippen LogP contribution in [0.5, 0.6) is 5.75 Å². The lowest BCUT2D eigenvalue weighted by atomic mass is 10.0. The van der Waals surface area contributed by atoms with E-state index in [4.69, 9.17) is 0 Å². The maximum atomic E-state index is 11.9. The number of benzene rings is 1. The minimum absolute atomic E-state index is 0.153. The van der Waals surface area contributed by atoms with Crippen molar-refractivity contribution < 1.29 is 9.90 Å². The molecule has 9 nitrogen and oxygen atoms in total. The average molecular weight is 290 g/mol. The largest absolute Gasteiger partial charge is 0.505 e. The third kappa shape index (κ3) is 3.02. The minimum atomic E-state index is -0.725. The molecular weight excluding hydrogens is 276 g/mol. The Labute approximate surface area is 119 Å². The summed E-state index contributed by atoms with van der Waals surface area (Å²) >= 11 is 0. The molecule has 0 saturated heterocycles. The predicted octanol–water partition coefficient (Wildman–Crippen LogP) is 1.55. The van der Waals surface area contributed by atoms with E-state index in [-0.39, 0.29) is 17.3 Å². The maximum Gasteiger partial charge on any atom is 0.297 e. The number of aromatic nitrogens is 4. The van der Waals surface area contributed by atoms with Crippen molar-refractivity contribution in [1.82, 2.24) is 20.6 Å². The summed E-state index contributed by atoms with van der Waals surface area (Å²) in [5.41, 5.74) is 1.38. The number of carbonyl (C=O) groups excluding carboxylic acids is 1.